The van der Waals surface area contributed by atoms with E-state index in [2.05, 4.69) is 23.5 Å². The van der Waals surface area contributed by atoms with Crippen LogP contribution in [0.1, 0.15) is 56.3 Å². The number of esters is 1. The first-order chi connectivity index (χ1) is 12.0. The first kappa shape index (κ1) is 20.6. The Labute approximate surface area is 149 Å². The van der Waals surface area contributed by atoms with E-state index < -0.39 is 11.8 Å². The normalized spacial score (nSPS) is 12.3. The summed E-state index contributed by atoms with van der Waals surface area (Å²) < 4.78 is 15.1. The van der Waals surface area contributed by atoms with Gasteiger partial charge in [-0.15, -0.1) is 0 Å². The number of benzene rings is 1. The molecule has 1 aromatic carbocycles. The number of rotatable bonds is 8. The Bertz CT molecular complexity index is 600. The summed E-state index contributed by atoms with van der Waals surface area (Å²) in [7, 11) is 1.26. The molecular formula is C20H26O5. The van der Waals surface area contributed by atoms with Gasteiger partial charge in [0.2, 0.25) is 0 Å². The maximum atomic E-state index is 11.9. The van der Waals surface area contributed by atoms with Crippen molar-refractivity contribution in [2.75, 3.05) is 13.7 Å². The van der Waals surface area contributed by atoms with Crippen molar-refractivity contribution in [3.63, 3.8) is 0 Å². The van der Waals surface area contributed by atoms with Crippen LogP contribution >= 0.6 is 0 Å². The summed E-state index contributed by atoms with van der Waals surface area (Å²) in [5.41, 5.74) is -0.449. The van der Waals surface area contributed by atoms with Crippen LogP contribution in [-0.2, 0) is 14.2 Å². The van der Waals surface area contributed by atoms with Crippen LogP contribution in [0, 0.1) is 11.8 Å². The van der Waals surface area contributed by atoms with Gasteiger partial charge < -0.3 is 14.2 Å². The first-order valence-electron chi connectivity index (χ1n) is 8.50. The molecule has 0 N–H and O–H groups in total. The van der Waals surface area contributed by atoms with Crippen LogP contribution in [0.5, 0.6) is 0 Å². The van der Waals surface area contributed by atoms with Gasteiger partial charge in [0, 0.05) is 12.8 Å². The maximum absolute atomic E-state index is 11.9. The predicted octanol–water partition coefficient (Wildman–Crippen LogP) is 4.36. The Hall–Kier alpha value is -2.48. The molecule has 1 aromatic rings. The van der Waals surface area contributed by atoms with E-state index >= 15 is 0 Å². The highest BCUT2D eigenvalue weighted by molar-refractivity contribution is 5.89. The molecule has 0 fully saturated rings. The van der Waals surface area contributed by atoms with Gasteiger partial charge in [-0.2, -0.15) is 0 Å². The molecule has 0 saturated heterocycles. The number of unbranched alkanes of at least 4 members (excludes halogenated alkanes) is 2. The Morgan fingerprint density at radius 2 is 1.88 bits per heavy atom. The molecule has 0 saturated carbocycles. The highest BCUT2D eigenvalue weighted by atomic mass is 16.7. The van der Waals surface area contributed by atoms with Crippen LogP contribution in [0.2, 0.25) is 0 Å². The van der Waals surface area contributed by atoms with Gasteiger partial charge in [-0.3, -0.25) is 0 Å². The molecule has 0 spiro atoms. The molecule has 0 aromatic heterocycles. The third kappa shape index (κ3) is 8.25. The van der Waals surface area contributed by atoms with E-state index in [9.17, 15) is 9.59 Å². The Morgan fingerprint density at radius 1 is 1.16 bits per heavy atom. The second-order valence-corrected chi connectivity index (χ2v) is 5.80. The van der Waals surface area contributed by atoms with E-state index in [0.29, 0.717) is 18.4 Å². The first-order valence-corrected chi connectivity index (χ1v) is 8.50. The fourth-order valence-corrected chi connectivity index (χ4v) is 2.11. The van der Waals surface area contributed by atoms with Crippen molar-refractivity contribution in [3.05, 3.63) is 35.9 Å². The number of carbonyl (C=O) groups is 2. The van der Waals surface area contributed by atoms with Crippen LogP contribution in [0.15, 0.2) is 30.3 Å². The quantitative estimate of drug-likeness (QED) is 0.398. The van der Waals surface area contributed by atoms with Crippen LogP contribution in [0.3, 0.4) is 0 Å². The summed E-state index contributed by atoms with van der Waals surface area (Å²) >= 11 is 0. The molecule has 136 valence electrons. The molecule has 0 aliphatic rings. The van der Waals surface area contributed by atoms with Crippen LogP contribution in [0.25, 0.3) is 0 Å². The minimum absolute atomic E-state index is 0.227. The number of ether oxygens (including phenoxy) is 3. The summed E-state index contributed by atoms with van der Waals surface area (Å²) in [5.74, 6) is 5.67. The van der Waals surface area contributed by atoms with Gasteiger partial charge in [0.05, 0.1) is 19.3 Å². The molecule has 1 rings (SSSR count). The van der Waals surface area contributed by atoms with Crippen molar-refractivity contribution in [1.29, 1.82) is 0 Å². The van der Waals surface area contributed by atoms with Crippen molar-refractivity contribution in [2.24, 2.45) is 0 Å². The number of hydrogen-bond donors (Lipinski definition) is 0. The lowest BCUT2D eigenvalue weighted by atomic mass is 10.0. The molecular weight excluding hydrogens is 320 g/mol. The van der Waals surface area contributed by atoms with Gasteiger partial charge >= 0.3 is 12.1 Å². The lowest BCUT2D eigenvalue weighted by Gasteiger charge is -2.23. The van der Waals surface area contributed by atoms with E-state index in [1.165, 1.54) is 7.11 Å². The SMILES string of the molecule is CCCCC#CC(C)(CCCOC(=O)c1ccccc1)OC(=O)OC. The van der Waals surface area contributed by atoms with Gasteiger partial charge in [-0.05, 0) is 31.9 Å². The van der Waals surface area contributed by atoms with Crippen molar-refractivity contribution >= 4 is 12.1 Å². The lowest BCUT2D eigenvalue weighted by molar-refractivity contribution is 0.00453. The zero-order valence-electron chi connectivity index (χ0n) is 15.2. The van der Waals surface area contributed by atoms with E-state index in [1.807, 2.05) is 6.07 Å². The molecule has 0 radical (unpaired) electrons. The smallest absolute Gasteiger partial charge is 0.462 e. The Balaban J connectivity index is 2.52. The molecule has 0 aliphatic heterocycles. The number of hydrogen-bond acceptors (Lipinski definition) is 5. The number of carbonyl (C=O) groups excluding carboxylic acids is 2. The summed E-state index contributed by atoms with van der Waals surface area (Å²) in [6.07, 6.45) is 3.00. The van der Waals surface area contributed by atoms with Crippen molar-refractivity contribution in [3.8, 4) is 11.8 Å². The summed E-state index contributed by atoms with van der Waals surface area (Å²) in [5, 5.41) is 0. The molecule has 0 bridgehead atoms. The van der Waals surface area contributed by atoms with E-state index in [-0.39, 0.29) is 12.6 Å². The second-order valence-electron chi connectivity index (χ2n) is 5.80. The van der Waals surface area contributed by atoms with E-state index in [0.717, 1.165) is 19.3 Å². The van der Waals surface area contributed by atoms with Gasteiger partial charge in [0.25, 0.3) is 0 Å². The highest BCUT2D eigenvalue weighted by Crippen LogP contribution is 2.18. The molecule has 1 atom stereocenters. The molecule has 5 heteroatoms. The lowest BCUT2D eigenvalue weighted by Crippen LogP contribution is -2.30. The maximum Gasteiger partial charge on any atom is 0.509 e. The Morgan fingerprint density at radius 3 is 2.52 bits per heavy atom. The molecule has 0 heterocycles. The standard InChI is InChI=1S/C20H26O5/c1-4-5-6-10-14-20(2,25-19(22)23-3)15-11-16-24-18(21)17-12-8-7-9-13-17/h7-9,12-13H,4-6,11,15-16H2,1-3H3. The third-order valence-electron chi connectivity index (χ3n) is 3.52. The molecule has 5 nitrogen and oxygen atoms in total. The number of methoxy groups -OCH3 is 1. The summed E-state index contributed by atoms with van der Waals surface area (Å²) in [6, 6.07) is 8.80. The highest BCUT2D eigenvalue weighted by Gasteiger charge is 2.27. The van der Waals surface area contributed by atoms with Crippen molar-refractivity contribution < 1.29 is 23.8 Å². The molecule has 0 aliphatic carbocycles. The van der Waals surface area contributed by atoms with Gasteiger partial charge in [0.1, 0.15) is 0 Å². The van der Waals surface area contributed by atoms with Crippen LogP contribution in [0.4, 0.5) is 4.79 Å². The monoisotopic (exact) mass is 346 g/mol. The van der Waals surface area contributed by atoms with Gasteiger partial charge in [-0.1, -0.05) is 43.4 Å². The molecule has 0 amide bonds. The molecule has 1 unspecified atom stereocenters. The topological polar surface area (TPSA) is 61.8 Å². The largest absolute Gasteiger partial charge is 0.509 e. The van der Waals surface area contributed by atoms with E-state index in [1.54, 1.807) is 31.2 Å². The van der Waals surface area contributed by atoms with Crippen LogP contribution < -0.4 is 0 Å². The Kier molecular flexibility index (Phi) is 9.16. The van der Waals surface area contributed by atoms with Gasteiger partial charge in [-0.25, -0.2) is 9.59 Å². The minimum Gasteiger partial charge on any atom is -0.462 e. The third-order valence-corrected chi connectivity index (χ3v) is 3.52. The van der Waals surface area contributed by atoms with Crippen molar-refractivity contribution in [2.45, 2.75) is 51.6 Å². The summed E-state index contributed by atoms with van der Waals surface area (Å²) in [4.78, 5) is 23.3. The van der Waals surface area contributed by atoms with Crippen LogP contribution in [-0.4, -0.2) is 31.4 Å². The minimum atomic E-state index is -0.958. The predicted molar refractivity (Wildman–Crippen MR) is 95.2 cm³/mol. The fraction of sp³-hybridized carbons (Fsp3) is 0.500. The molecule has 25 heavy (non-hydrogen) atoms. The zero-order valence-corrected chi connectivity index (χ0v) is 15.2. The van der Waals surface area contributed by atoms with Crippen molar-refractivity contribution in [1.82, 2.24) is 0 Å². The zero-order chi connectivity index (χ0) is 18.5. The average Bonchev–Trinajstić information content (AvgIpc) is 2.63. The average molecular weight is 346 g/mol. The van der Waals surface area contributed by atoms with Gasteiger partial charge in [0.15, 0.2) is 5.60 Å². The second kappa shape index (κ2) is 11.1. The summed E-state index contributed by atoms with van der Waals surface area (Å²) in [6.45, 7) is 4.05. The van der Waals surface area contributed by atoms with E-state index in [4.69, 9.17) is 9.47 Å². The fourth-order valence-electron chi connectivity index (χ4n) is 2.11.